The van der Waals surface area contributed by atoms with E-state index in [0.29, 0.717) is 26.4 Å². The van der Waals surface area contributed by atoms with Crippen LogP contribution in [0.1, 0.15) is 18.1 Å². The summed E-state index contributed by atoms with van der Waals surface area (Å²) in [4.78, 5) is 10.8. The van der Waals surface area contributed by atoms with E-state index in [1.807, 2.05) is 18.2 Å². The molecule has 23 heavy (non-hydrogen) atoms. The maximum Gasteiger partial charge on any atom is 0.236 e. The third kappa shape index (κ3) is 5.13. The van der Waals surface area contributed by atoms with Gasteiger partial charge >= 0.3 is 0 Å². The Morgan fingerprint density at radius 3 is 2.43 bits per heavy atom. The summed E-state index contributed by atoms with van der Waals surface area (Å²) in [6.45, 7) is 1.61. The highest BCUT2D eigenvalue weighted by Gasteiger charge is 2.10. The van der Waals surface area contributed by atoms with E-state index < -0.39 is 0 Å². The molecule has 7 heteroatoms. The van der Waals surface area contributed by atoms with Crippen LogP contribution < -0.4 is 10.2 Å². The van der Waals surface area contributed by atoms with Crippen molar-refractivity contribution in [2.75, 3.05) is 0 Å². The fourth-order valence-electron chi connectivity index (χ4n) is 1.76. The number of amides is 1. The molecule has 2 rings (SSSR count). The number of carbonyl (C=O) groups excluding carboxylic acids is 1. The van der Waals surface area contributed by atoms with E-state index in [0.717, 1.165) is 5.56 Å². The molecule has 2 aromatic carbocycles. The molecular formula is C16H13Cl3N2O2. The van der Waals surface area contributed by atoms with Gasteiger partial charge < -0.3 is 4.74 Å². The topological polar surface area (TPSA) is 50.7 Å². The summed E-state index contributed by atoms with van der Waals surface area (Å²) in [6.07, 6.45) is 1.44. The van der Waals surface area contributed by atoms with E-state index in [4.69, 9.17) is 39.5 Å². The number of nitrogens with one attached hydrogen (secondary N) is 1. The monoisotopic (exact) mass is 370 g/mol. The van der Waals surface area contributed by atoms with E-state index in [9.17, 15) is 4.79 Å². The lowest BCUT2D eigenvalue weighted by Gasteiger charge is -2.11. The fraction of sp³-hybridized carbons (Fsp3) is 0.125. The van der Waals surface area contributed by atoms with E-state index in [1.54, 1.807) is 18.2 Å². The summed E-state index contributed by atoms with van der Waals surface area (Å²) < 4.78 is 5.67. The molecule has 0 heterocycles. The Bertz CT molecular complexity index is 725. The minimum atomic E-state index is -0.266. The van der Waals surface area contributed by atoms with Crippen molar-refractivity contribution in [1.82, 2.24) is 5.43 Å². The maximum absolute atomic E-state index is 10.8. The molecule has 1 amide bonds. The fourth-order valence-corrected chi connectivity index (χ4v) is 2.56. The van der Waals surface area contributed by atoms with Crippen molar-refractivity contribution in [3.63, 3.8) is 0 Å². The second kappa shape index (κ2) is 8.20. The Kier molecular flexibility index (Phi) is 6.28. The lowest BCUT2D eigenvalue weighted by atomic mass is 10.2. The first-order valence-corrected chi connectivity index (χ1v) is 7.75. The first kappa shape index (κ1) is 17.6. The number of hydrazone groups is 1. The number of hydrogen-bond donors (Lipinski definition) is 1. The summed E-state index contributed by atoms with van der Waals surface area (Å²) in [7, 11) is 0. The van der Waals surface area contributed by atoms with E-state index >= 15 is 0 Å². The number of ether oxygens (including phenoxy) is 1. The van der Waals surface area contributed by atoms with Crippen LogP contribution in [0.15, 0.2) is 41.5 Å². The average Bonchev–Trinajstić information content (AvgIpc) is 2.48. The summed E-state index contributed by atoms with van der Waals surface area (Å²) in [5.41, 5.74) is 3.77. The molecule has 120 valence electrons. The second-order valence-corrected chi connectivity index (χ2v) is 5.84. The first-order chi connectivity index (χ1) is 11.0. The zero-order valence-electron chi connectivity index (χ0n) is 12.1. The normalized spacial score (nSPS) is 10.8. The van der Waals surface area contributed by atoms with E-state index in [1.165, 1.54) is 13.1 Å². The smallest absolute Gasteiger partial charge is 0.236 e. The molecule has 0 bridgehead atoms. The standard InChI is InChI=1S/C16H13Cl3N2O2/c1-10(22)21-20-8-11-6-14(18)16(15(19)7-11)23-9-12-4-2-3-5-13(12)17/h2-8H,9H2,1H3,(H,21,22)/b20-8-. The Balaban J connectivity index is 2.13. The largest absolute Gasteiger partial charge is 0.486 e. The predicted molar refractivity (Wildman–Crippen MR) is 93.7 cm³/mol. The van der Waals surface area contributed by atoms with Crippen molar-refractivity contribution < 1.29 is 9.53 Å². The van der Waals surface area contributed by atoms with Gasteiger partial charge in [0.05, 0.1) is 16.3 Å². The second-order valence-electron chi connectivity index (χ2n) is 4.62. The summed E-state index contributed by atoms with van der Waals surface area (Å²) in [6, 6.07) is 10.6. The van der Waals surface area contributed by atoms with Crippen molar-refractivity contribution in [2.24, 2.45) is 5.10 Å². The van der Waals surface area contributed by atoms with Crippen LogP contribution in [0.5, 0.6) is 5.75 Å². The van der Waals surface area contributed by atoms with E-state index in [2.05, 4.69) is 10.5 Å². The molecule has 1 N–H and O–H groups in total. The summed E-state index contributed by atoms with van der Waals surface area (Å²) in [5.74, 6) is 0.100. The van der Waals surface area contributed by atoms with Gasteiger partial charge in [-0.15, -0.1) is 0 Å². The predicted octanol–water partition coefficient (Wildman–Crippen LogP) is 4.70. The Labute approximate surface area is 149 Å². The molecule has 0 aromatic heterocycles. The van der Waals surface area contributed by atoms with Crippen LogP contribution in [0.2, 0.25) is 15.1 Å². The highest BCUT2D eigenvalue weighted by Crippen LogP contribution is 2.34. The van der Waals surface area contributed by atoms with Crippen LogP contribution in [0.25, 0.3) is 0 Å². The van der Waals surface area contributed by atoms with Gasteiger partial charge in [0, 0.05) is 17.5 Å². The van der Waals surface area contributed by atoms with Gasteiger partial charge in [-0.3, -0.25) is 4.79 Å². The van der Waals surface area contributed by atoms with Gasteiger partial charge in [-0.2, -0.15) is 5.10 Å². The Morgan fingerprint density at radius 2 is 1.83 bits per heavy atom. The van der Waals surface area contributed by atoms with Gasteiger partial charge in [0.25, 0.3) is 0 Å². The molecule has 0 radical (unpaired) electrons. The molecule has 4 nitrogen and oxygen atoms in total. The van der Waals surface area contributed by atoms with E-state index in [-0.39, 0.29) is 12.5 Å². The zero-order valence-corrected chi connectivity index (χ0v) is 14.4. The van der Waals surface area contributed by atoms with Crippen LogP contribution in [-0.4, -0.2) is 12.1 Å². The van der Waals surface area contributed by atoms with Crippen molar-refractivity contribution >= 4 is 46.9 Å². The molecule has 0 fully saturated rings. The van der Waals surface area contributed by atoms with Gasteiger partial charge in [0.1, 0.15) is 6.61 Å². The molecule has 2 aromatic rings. The lowest BCUT2D eigenvalue weighted by Crippen LogP contribution is -2.12. The van der Waals surface area contributed by atoms with Crippen molar-refractivity contribution in [3.8, 4) is 5.75 Å². The maximum atomic E-state index is 10.8. The zero-order chi connectivity index (χ0) is 16.8. The molecule has 0 aliphatic heterocycles. The molecular weight excluding hydrogens is 359 g/mol. The Morgan fingerprint density at radius 1 is 1.17 bits per heavy atom. The molecule has 0 unspecified atom stereocenters. The lowest BCUT2D eigenvalue weighted by molar-refractivity contribution is -0.118. The molecule has 0 saturated carbocycles. The molecule has 0 atom stereocenters. The SMILES string of the molecule is CC(=O)N/N=C\c1cc(Cl)c(OCc2ccccc2Cl)c(Cl)c1. The Hall–Kier alpha value is -1.75. The summed E-state index contributed by atoms with van der Waals surface area (Å²) >= 11 is 18.5. The van der Waals surface area contributed by atoms with Gasteiger partial charge in [-0.05, 0) is 23.8 Å². The van der Waals surface area contributed by atoms with Gasteiger partial charge in [0.2, 0.25) is 5.91 Å². The first-order valence-electron chi connectivity index (χ1n) is 6.62. The van der Waals surface area contributed by atoms with Crippen molar-refractivity contribution in [2.45, 2.75) is 13.5 Å². The van der Waals surface area contributed by atoms with Crippen LogP contribution in [0.4, 0.5) is 0 Å². The van der Waals surface area contributed by atoms with Crippen LogP contribution >= 0.6 is 34.8 Å². The van der Waals surface area contributed by atoms with Gasteiger partial charge in [0.15, 0.2) is 5.75 Å². The number of rotatable bonds is 5. The third-order valence-electron chi connectivity index (χ3n) is 2.79. The molecule has 0 aliphatic carbocycles. The average molecular weight is 372 g/mol. The highest BCUT2D eigenvalue weighted by atomic mass is 35.5. The number of hydrogen-bond acceptors (Lipinski definition) is 3. The molecule has 0 spiro atoms. The number of nitrogens with zero attached hydrogens (tertiary/aromatic N) is 1. The molecule has 0 aliphatic rings. The van der Waals surface area contributed by atoms with Crippen LogP contribution in [0.3, 0.4) is 0 Å². The quantitative estimate of drug-likeness (QED) is 0.612. The number of benzene rings is 2. The summed E-state index contributed by atoms with van der Waals surface area (Å²) in [5, 5.41) is 5.05. The third-order valence-corrected chi connectivity index (χ3v) is 3.72. The van der Waals surface area contributed by atoms with Gasteiger partial charge in [-0.1, -0.05) is 53.0 Å². The van der Waals surface area contributed by atoms with Crippen LogP contribution in [-0.2, 0) is 11.4 Å². The number of halogens is 3. The van der Waals surface area contributed by atoms with Crippen molar-refractivity contribution in [1.29, 1.82) is 0 Å². The van der Waals surface area contributed by atoms with Crippen molar-refractivity contribution in [3.05, 3.63) is 62.6 Å². The minimum Gasteiger partial charge on any atom is -0.486 e. The number of carbonyl (C=O) groups is 1. The highest BCUT2D eigenvalue weighted by molar-refractivity contribution is 6.37. The van der Waals surface area contributed by atoms with Crippen LogP contribution in [0, 0.1) is 0 Å². The van der Waals surface area contributed by atoms with Gasteiger partial charge in [-0.25, -0.2) is 5.43 Å². The minimum absolute atomic E-state index is 0.248. The molecule has 0 saturated heterocycles.